The van der Waals surface area contributed by atoms with Crippen molar-refractivity contribution in [2.24, 2.45) is 16.7 Å². The second-order valence-corrected chi connectivity index (χ2v) is 8.93. The Bertz CT molecular complexity index is 897. The molecule has 0 saturated heterocycles. The number of carbonyl (C=O) groups is 1. The van der Waals surface area contributed by atoms with E-state index in [1.165, 1.54) is 5.57 Å². The first-order valence-corrected chi connectivity index (χ1v) is 9.77. The van der Waals surface area contributed by atoms with Gasteiger partial charge in [-0.1, -0.05) is 51.5 Å². The van der Waals surface area contributed by atoms with E-state index in [9.17, 15) is 25.0 Å². The zero-order valence-corrected chi connectivity index (χ0v) is 18.2. The Morgan fingerprint density at radius 3 is 2.17 bits per heavy atom. The summed E-state index contributed by atoms with van der Waals surface area (Å²) in [5.41, 5.74) is -0.381. The Kier molecular flexibility index (Phi) is 6.49. The standard InChI is InChI=1S/C22H28N2O6/c1-14-7-8-17(22(14,5)6)9-10-21(3,4)15(2)30-20(25)16-11-18(23(26)27)13-19(12-16)24(28)29/h7,9-13,15,17H,8H2,1-6H3/b10-9+/t15-,17-/m1/s1. The number of nitro benzene ring substituents is 2. The van der Waals surface area contributed by atoms with Gasteiger partial charge in [0, 0.05) is 17.5 Å². The summed E-state index contributed by atoms with van der Waals surface area (Å²) in [5.74, 6) is -0.492. The van der Waals surface area contributed by atoms with Gasteiger partial charge in [-0.05, 0) is 31.6 Å². The number of nitrogens with zero attached hydrogens (tertiary/aromatic N) is 2. The lowest BCUT2D eigenvalue weighted by Gasteiger charge is -2.31. The summed E-state index contributed by atoms with van der Waals surface area (Å²) in [5, 5.41) is 22.1. The minimum atomic E-state index is -0.838. The van der Waals surface area contributed by atoms with Gasteiger partial charge in [-0.3, -0.25) is 20.2 Å². The molecule has 1 aromatic rings. The molecule has 30 heavy (non-hydrogen) atoms. The minimum absolute atomic E-state index is 0.0639. The van der Waals surface area contributed by atoms with Crippen LogP contribution in [0.5, 0.6) is 0 Å². The first-order valence-electron chi connectivity index (χ1n) is 9.77. The number of ether oxygens (including phenoxy) is 1. The van der Waals surface area contributed by atoms with Crippen LogP contribution >= 0.6 is 0 Å². The molecule has 0 radical (unpaired) electrons. The molecule has 2 rings (SSSR count). The van der Waals surface area contributed by atoms with Gasteiger partial charge in [0.15, 0.2) is 0 Å². The molecule has 0 spiro atoms. The zero-order valence-electron chi connectivity index (χ0n) is 18.2. The van der Waals surface area contributed by atoms with Crippen molar-refractivity contribution in [3.63, 3.8) is 0 Å². The van der Waals surface area contributed by atoms with Crippen LogP contribution < -0.4 is 0 Å². The van der Waals surface area contributed by atoms with E-state index in [1.807, 2.05) is 19.9 Å². The van der Waals surface area contributed by atoms with Gasteiger partial charge in [0.2, 0.25) is 0 Å². The third-order valence-corrected chi connectivity index (χ3v) is 6.27. The molecule has 0 unspecified atom stereocenters. The van der Waals surface area contributed by atoms with Crippen LogP contribution in [0.2, 0.25) is 0 Å². The third kappa shape index (κ3) is 4.93. The quantitative estimate of drug-likeness (QED) is 0.247. The van der Waals surface area contributed by atoms with Crippen molar-refractivity contribution in [1.29, 1.82) is 0 Å². The van der Waals surface area contributed by atoms with E-state index in [1.54, 1.807) is 6.92 Å². The number of nitro groups is 2. The maximum atomic E-state index is 12.6. The number of rotatable bonds is 7. The smallest absolute Gasteiger partial charge is 0.338 e. The van der Waals surface area contributed by atoms with Crippen molar-refractivity contribution in [2.45, 2.75) is 54.1 Å². The van der Waals surface area contributed by atoms with Gasteiger partial charge in [0.1, 0.15) is 6.10 Å². The fourth-order valence-corrected chi connectivity index (χ4v) is 3.28. The van der Waals surface area contributed by atoms with Crippen molar-refractivity contribution < 1.29 is 19.4 Å². The van der Waals surface area contributed by atoms with E-state index in [2.05, 4.69) is 32.9 Å². The summed E-state index contributed by atoms with van der Waals surface area (Å²) in [7, 11) is 0. The van der Waals surface area contributed by atoms with Gasteiger partial charge < -0.3 is 4.74 Å². The van der Waals surface area contributed by atoms with Crippen LogP contribution in [0.1, 0.15) is 58.3 Å². The zero-order chi connectivity index (χ0) is 22.9. The van der Waals surface area contributed by atoms with Crippen LogP contribution in [0.3, 0.4) is 0 Å². The van der Waals surface area contributed by atoms with E-state index >= 15 is 0 Å². The lowest BCUT2D eigenvalue weighted by atomic mass is 9.76. The second-order valence-electron chi connectivity index (χ2n) is 8.93. The van der Waals surface area contributed by atoms with Crippen LogP contribution in [0.4, 0.5) is 11.4 Å². The summed E-state index contributed by atoms with van der Waals surface area (Å²) in [6.07, 6.45) is 6.81. The summed E-state index contributed by atoms with van der Waals surface area (Å²) in [4.78, 5) is 33.1. The third-order valence-electron chi connectivity index (χ3n) is 6.27. The number of benzene rings is 1. The predicted molar refractivity (Wildman–Crippen MR) is 113 cm³/mol. The van der Waals surface area contributed by atoms with Crippen molar-refractivity contribution in [3.05, 3.63) is 67.8 Å². The molecular formula is C22H28N2O6. The highest BCUT2D eigenvalue weighted by molar-refractivity contribution is 5.91. The van der Waals surface area contributed by atoms with Gasteiger partial charge in [-0.25, -0.2) is 4.79 Å². The van der Waals surface area contributed by atoms with Crippen molar-refractivity contribution in [3.8, 4) is 0 Å². The van der Waals surface area contributed by atoms with Gasteiger partial charge >= 0.3 is 5.97 Å². The number of non-ortho nitro benzene ring substituents is 2. The van der Waals surface area contributed by atoms with Gasteiger partial charge in [-0.15, -0.1) is 0 Å². The Morgan fingerprint density at radius 1 is 1.20 bits per heavy atom. The molecule has 0 bridgehead atoms. The van der Waals surface area contributed by atoms with E-state index in [0.717, 1.165) is 24.6 Å². The summed E-state index contributed by atoms with van der Waals surface area (Å²) < 4.78 is 5.51. The predicted octanol–water partition coefficient (Wildman–Crippen LogP) is 5.62. The average molecular weight is 416 g/mol. The number of hydrogen-bond acceptors (Lipinski definition) is 6. The van der Waals surface area contributed by atoms with Gasteiger partial charge in [-0.2, -0.15) is 0 Å². The SMILES string of the molecule is CC1=CC[C@H](/C=C/C(C)(C)[C@@H](C)OC(=O)c2cc([N+](=O)[O-])cc([N+](=O)[O-])c2)C1(C)C. The van der Waals surface area contributed by atoms with Crippen molar-refractivity contribution in [1.82, 2.24) is 0 Å². The topological polar surface area (TPSA) is 113 Å². The van der Waals surface area contributed by atoms with E-state index in [-0.39, 0.29) is 11.0 Å². The molecule has 0 aromatic heterocycles. The Labute approximate surface area is 175 Å². The molecule has 1 aliphatic carbocycles. The first kappa shape index (κ1) is 23.3. The minimum Gasteiger partial charge on any atom is -0.458 e. The molecule has 8 nitrogen and oxygen atoms in total. The highest BCUT2D eigenvalue weighted by atomic mass is 16.6. The summed E-state index contributed by atoms with van der Waals surface area (Å²) in [6.45, 7) is 12.1. The number of esters is 1. The highest BCUT2D eigenvalue weighted by Gasteiger charge is 2.34. The Morgan fingerprint density at radius 2 is 1.73 bits per heavy atom. The van der Waals surface area contributed by atoms with Crippen LogP contribution in [-0.4, -0.2) is 21.9 Å². The van der Waals surface area contributed by atoms with Gasteiger partial charge in [0.05, 0.1) is 21.5 Å². The molecule has 1 aromatic carbocycles. The lowest BCUT2D eigenvalue weighted by molar-refractivity contribution is -0.394. The van der Waals surface area contributed by atoms with E-state index < -0.39 is 38.7 Å². The fourth-order valence-electron chi connectivity index (χ4n) is 3.28. The van der Waals surface area contributed by atoms with E-state index in [4.69, 9.17) is 4.74 Å². The molecule has 0 N–H and O–H groups in total. The van der Waals surface area contributed by atoms with Crippen LogP contribution in [0, 0.1) is 37.0 Å². The van der Waals surface area contributed by atoms with Crippen LogP contribution in [-0.2, 0) is 4.74 Å². The molecular weight excluding hydrogens is 388 g/mol. The molecule has 0 amide bonds. The maximum absolute atomic E-state index is 12.6. The largest absolute Gasteiger partial charge is 0.458 e. The lowest BCUT2D eigenvalue weighted by Crippen LogP contribution is -2.30. The molecule has 0 aliphatic heterocycles. The second kappa shape index (κ2) is 8.38. The molecule has 8 heteroatoms. The molecule has 2 atom stereocenters. The molecule has 0 fully saturated rings. The average Bonchev–Trinajstić information content (AvgIpc) is 2.91. The fraction of sp³-hybridized carbons (Fsp3) is 0.500. The molecule has 0 heterocycles. The Balaban J connectivity index is 2.17. The number of hydrogen-bond donors (Lipinski definition) is 0. The Hall–Kier alpha value is -3.03. The first-order chi connectivity index (χ1) is 13.8. The molecule has 0 saturated carbocycles. The van der Waals surface area contributed by atoms with Crippen LogP contribution in [0.25, 0.3) is 0 Å². The van der Waals surface area contributed by atoms with E-state index in [0.29, 0.717) is 5.92 Å². The number of carbonyl (C=O) groups excluding carboxylic acids is 1. The summed E-state index contributed by atoms with van der Waals surface area (Å²) >= 11 is 0. The molecule has 1 aliphatic rings. The van der Waals surface area contributed by atoms with Crippen molar-refractivity contribution in [2.75, 3.05) is 0 Å². The number of allylic oxidation sites excluding steroid dienone is 3. The summed E-state index contributed by atoms with van der Waals surface area (Å²) in [6, 6.07) is 2.78. The monoisotopic (exact) mass is 416 g/mol. The molecule has 162 valence electrons. The van der Waals surface area contributed by atoms with Gasteiger partial charge in [0.25, 0.3) is 11.4 Å². The maximum Gasteiger partial charge on any atom is 0.338 e. The van der Waals surface area contributed by atoms with Crippen LogP contribution in [0.15, 0.2) is 42.0 Å². The highest BCUT2D eigenvalue weighted by Crippen LogP contribution is 2.44. The van der Waals surface area contributed by atoms with Crippen molar-refractivity contribution >= 4 is 17.3 Å². The normalized spacial score (nSPS) is 19.4.